The Balaban J connectivity index is 1.47. The van der Waals surface area contributed by atoms with Gasteiger partial charge in [-0.05, 0) is 11.4 Å². The van der Waals surface area contributed by atoms with Crippen LogP contribution in [0.5, 0.6) is 0 Å². The lowest BCUT2D eigenvalue weighted by atomic mass is 10.3. The maximum absolute atomic E-state index is 12.5. The van der Waals surface area contributed by atoms with Crippen molar-refractivity contribution in [2.75, 3.05) is 59.0 Å². The van der Waals surface area contributed by atoms with Crippen LogP contribution in [0.1, 0.15) is 6.42 Å². The Morgan fingerprint density at radius 1 is 1.12 bits per heavy atom. The quantitative estimate of drug-likeness (QED) is 0.743. The normalized spacial score (nSPS) is 21.1. The molecule has 134 valence electrons. The average Bonchev–Trinajstić information content (AvgIpc) is 3.16. The molecule has 2 saturated heterocycles. The van der Waals surface area contributed by atoms with Crippen molar-refractivity contribution in [2.24, 2.45) is 0 Å². The van der Waals surface area contributed by atoms with Crippen LogP contribution >= 0.6 is 11.3 Å². The molecule has 0 aliphatic carbocycles. The van der Waals surface area contributed by atoms with Crippen LogP contribution in [-0.2, 0) is 19.6 Å². The molecule has 0 saturated carbocycles. The minimum absolute atomic E-state index is 0.106. The van der Waals surface area contributed by atoms with Gasteiger partial charge in [0.05, 0.1) is 13.2 Å². The van der Waals surface area contributed by atoms with Crippen LogP contribution in [0.3, 0.4) is 0 Å². The van der Waals surface area contributed by atoms with Crippen LogP contribution in [0.15, 0.2) is 21.7 Å². The fourth-order valence-corrected chi connectivity index (χ4v) is 5.52. The van der Waals surface area contributed by atoms with E-state index in [4.69, 9.17) is 4.74 Å². The molecule has 2 aliphatic rings. The smallest absolute Gasteiger partial charge is 0.252 e. The van der Waals surface area contributed by atoms with E-state index >= 15 is 0 Å². The van der Waals surface area contributed by atoms with Crippen molar-refractivity contribution in [1.82, 2.24) is 14.1 Å². The predicted octanol–water partition coefficient (Wildman–Crippen LogP) is 0.303. The Hall–Kier alpha value is -1.000. The van der Waals surface area contributed by atoms with Gasteiger partial charge in [-0.3, -0.25) is 9.69 Å². The zero-order valence-corrected chi connectivity index (χ0v) is 15.2. The highest BCUT2D eigenvalue weighted by molar-refractivity contribution is 7.91. The number of nitrogens with zero attached hydrogens (tertiary/aromatic N) is 3. The summed E-state index contributed by atoms with van der Waals surface area (Å²) in [6.07, 6.45) is 0.484. The third-order valence-electron chi connectivity index (χ3n) is 4.43. The highest BCUT2D eigenvalue weighted by atomic mass is 32.2. The van der Waals surface area contributed by atoms with Crippen molar-refractivity contribution in [1.29, 1.82) is 0 Å². The van der Waals surface area contributed by atoms with E-state index < -0.39 is 10.0 Å². The maximum Gasteiger partial charge on any atom is 0.252 e. The standard InChI is InChI=1S/C15H23N3O4S2/c19-14(3-4-16-9-11-22-12-10-16)17-5-7-18(8-6-17)24(20,21)15-2-1-13-23-15/h1-2,13H,3-12H2. The van der Waals surface area contributed by atoms with Crippen molar-refractivity contribution in [3.63, 3.8) is 0 Å². The summed E-state index contributed by atoms with van der Waals surface area (Å²) in [6, 6.07) is 3.36. The molecule has 24 heavy (non-hydrogen) atoms. The molecule has 1 aromatic rings. The zero-order chi connectivity index (χ0) is 17.0. The number of carbonyl (C=O) groups excluding carboxylic acids is 1. The number of amides is 1. The second-order valence-corrected chi connectivity index (χ2v) is 9.03. The molecule has 0 atom stereocenters. The number of carbonyl (C=O) groups is 1. The molecule has 1 amide bonds. The van der Waals surface area contributed by atoms with Gasteiger partial charge in [0.2, 0.25) is 5.91 Å². The first-order chi connectivity index (χ1) is 11.6. The topological polar surface area (TPSA) is 70.2 Å². The van der Waals surface area contributed by atoms with Crippen LogP contribution in [0.4, 0.5) is 0 Å². The van der Waals surface area contributed by atoms with E-state index in [0.717, 1.165) is 32.8 Å². The SMILES string of the molecule is O=C(CCN1CCOCC1)N1CCN(S(=O)(=O)c2cccs2)CC1. The molecule has 0 unspecified atom stereocenters. The molecule has 7 nitrogen and oxygen atoms in total. The average molecular weight is 374 g/mol. The third kappa shape index (κ3) is 4.15. The lowest BCUT2D eigenvalue weighted by Gasteiger charge is -2.34. The fraction of sp³-hybridized carbons (Fsp3) is 0.667. The summed E-state index contributed by atoms with van der Waals surface area (Å²) < 4.78 is 32.1. The van der Waals surface area contributed by atoms with Gasteiger partial charge in [-0.1, -0.05) is 6.07 Å². The van der Waals surface area contributed by atoms with E-state index in [-0.39, 0.29) is 5.91 Å². The van der Waals surface area contributed by atoms with Crippen LogP contribution in [0.25, 0.3) is 0 Å². The molecule has 0 radical (unpaired) electrons. The molecule has 2 fully saturated rings. The Kier molecular flexibility index (Phi) is 5.88. The molecule has 3 heterocycles. The number of hydrogen-bond donors (Lipinski definition) is 0. The number of sulfonamides is 1. The minimum Gasteiger partial charge on any atom is -0.379 e. The van der Waals surface area contributed by atoms with E-state index in [2.05, 4.69) is 4.90 Å². The summed E-state index contributed by atoms with van der Waals surface area (Å²) in [5, 5.41) is 1.76. The first kappa shape index (κ1) is 17.8. The van der Waals surface area contributed by atoms with Gasteiger partial charge in [0.1, 0.15) is 4.21 Å². The number of hydrogen-bond acceptors (Lipinski definition) is 6. The van der Waals surface area contributed by atoms with Crippen molar-refractivity contribution < 1.29 is 17.9 Å². The van der Waals surface area contributed by atoms with Crippen molar-refractivity contribution in [2.45, 2.75) is 10.6 Å². The van der Waals surface area contributed by atoms with Gasteiger partial charge >= 0.3 is 0 Å². The number of ether oxygens (including phenoxy) is 1. The maximum atomic E-state index is 12.5. The van der Waals surface area contributed by atoms with Crippen molar-refractivity contribution in [3.8, 4) is 0 Å². The van der Waals surface area contributed by atoms with E-state index in [0.29, 0.717) is 36.8 Å². The molecular formula is C15H23N3O4S2. The summed E-state index contributed by atoms with van der Waals surface area (Å²) in [6.45, 7) is 5.61. The highest BCUT2D eigenvalue weighted by Gasteiger charge is 2.30. The van der Waals surface area contributed by atoms with Crippen LogP contribution in [-0.4, -0.2) is 87.5 Å². The summed E-state index contributed by atoms with van der Waals surface area (Å²) in [4.78, 5) is 16.3. The van der Waals surface area contributed by atoms with Crippen LogP contribution < -0.4 is 0 Å². The Bertz CT molecular complexity index is 634. The zero-order valence-electron chi connectivity index (χ0n) is 13.6. The summed E-state index contributed by atoms with van der Waals surface area (Å²) >= 11 is 1.23. The monoisotopic (exact) mass is 373 g/mol. The van der Waals surface area contributed by atoms with Crippen LogP contribution in [0.2, 0.25) is 0 Å². The van der Waals surface area contributed by atoms with Crippen LogP contribution in [0, 0.1) is 0 Å². The molecule has 1 aromatic heterocycles. The lowest BCUT2D eigenvalue weighted by Crippen LogP contribution is -2.51. The van der Waals surface area contributed by atoms with E-state index in [1.807, 2.05) is 0 Å². The van der Waals surface area contributed by atoms with Gasteiger partial charge in [-0.25, -0.2) is 8.42 Å². The van der Waals surface area contributed by atoms with Crippen molar-refractivity contribution >= 4 is 27.3 Å². The van der Waals surface area contributed by atoms with Gasteiger partial charge in [-0.2, -0.15) is 4.31 Å². The fourth-order valence-electron chi connectivity index (χ4n) is 2.95. The third-order valence-corrected chi connectivity index (χ3v) is 7.70. The molecule has 0 N–H and O–H groups in total. The predicted molar refractivity (Wildman–Crippen MR) is 91.5 cm³/mol. The van der Waals surface area contributed by atoms with E-state index in [9.17, 15) is 13.2 Å². The van der Waals surface area contributed by atoms with E-state index in [1.165, 1.54) is 15.6 Å². The molecule has 0 spiro atoms. The first-order valence-electron chi connectivity index (χ1n) is 8.19. The molecule has 9 heteroatoms. The molecule has 0 aromatic carbocycles. The Morgan fingerprint density at radius 2 is 1.83 bits per heavy atom. The highest BCUT2D eigenvalue weighted by Crippen LogP contribution is 2.22. The van der Waals surface area contributed by atoms with Gasteiger partial charge < -0.3 is 9.64 Å². The Morgan fingerprint density at radius 3 is 2.46 bits per heavy atom. The Labute approximate surface area is 146 Å². The van der Waals surface area contributed by atoms with Gasteiger partial charge in [0, 0.05) is 52.2 Å². The molecule has 2 aliphatic heterocycles. The number of rotatable bonds is 5. The van der Waals surface area contributed by atoms with Crippen molar-refractivity contribution in [3.05, 3.63) is 17.5 Å². The molecule has 0 bridgehead atoms. The molecular weight excluding hydrogens is 350 g/mol. The summed E-state index contributed by atoms with van der Waals surface area (Å²) in [7, 11) is -3.41. The molecule has 3 rings (SSSR count). The second-order valence-electron chi connectivity index (χ2n) is 5.92. The summed E-state index contributed by atoms with van der Waals surface area (Å²) in [5.41, 5.74) is 0. The lowest BCUT2D eigenvalue weighted by molar-refractivity contribution is -0.133. The number of morpholine rings is 1. The summed E-state index contributed by atoms with van der Waals surface area (Å²) in [5.74, 6) is 0.106. The second kappa shape index (κ2) is 7.92. The number of piperazine rings is 1. The largest absolute Gasteiger partial charge is 0.379 e. The van der Waals surface area contributed by atoms with Gasteiger partial charge in [0.25, 0.3) is 10.0 Å². The number of thiophene rings is 1. The first-order valence-corrected chi connectivity index (χ1v) is 10.5. The van der Waals surface area contributed by atoms with Gasteiger partial charge in [0.15, 0.2) is 0 Å². The van der Waals surface area contributed by atoms with E-state index in [1.54, 1.807) is 22.4 Å². The van der Waals surface area contributed by atoms with Gasteiger partial charge in [-0.15, -0.1) is 11.3 Å². The minimum atomic E-state index is -3.41.